The Morgan fingerprint density at radius 3 is 2.52 bits per heavy atom. The molecule has 0 bridgehead atoms. The van der Waals surface area contributed by atoms with Gasteiger partial charge in [0.05, 0.1) is 15.0 Å². The Morgan fingerprint density at radius 2 is 1.95 bits per heavy atom. The first-order chi connectivity index (χ1) is 9.88. The van der Waals surface area contributed by atoms with E-state index in [-0.39, 0.29) is 21.4 Å². The van der Waals surface area contributed by atoms with Gasteiger partial charge in [-0.15, -0.1) is 0 Å². The van der Waals surface area contributed by atoms with Gasteiger partial charge in [0, 0.05) is 17.8 Å². The number of pyridine rings is 1. The van der Waals surface area contributed by atoms with E-state index in [9.17, 15) is 14.9 Å². The van der Waals surface area contributed by atoms with Gasteiger partial charge in [0.1, 0.15) is 10.8 Å². The highest BCUT2D eigenvalue weighted by Crippen LogP contribution is 2.33. The first-order valence-electron chi connectivity index (χ1n) is 5.45. The Kier molecular flexibility index (Phi) is 4.62. The minimum Gasteiger partial charge on any atom is -0.307 e. The lowest BCUT2D eigenvalue weighted by molar-refractivity contribution is -0.384. The highest BCUT2D eigenvalue weighted by molar-refractivity contribution is 6.43. The van der Waals surface area contributed by atoms with Gasteiger partial charge in [0.15, 0.2) is 0 Å². The highest BCUT2D eigenvalue weighted by atomic mass is 35.5. The second kappa shape index (κ2) is 6.26. The molecule has 0 aliphatic rings. The van der Waals surface area contributed by atoms with E-state index in [0.29, 0.717) is 5.02 Å². The van der Waals surface area contributed by atoms with Crippen molar-refractivity contribution < 1.29 is 9.72 Å². The minimum atomic E-state index is -0.717. The van der Waals surface area contributed by atoms with Crippen LogP contribution in [0.5, 0.6) is 0 Å². The van der Waals surface area contributed by atoms with E-state index in [4.69, 9.17) is 34.8 Å². The van der Waals surface area contributed by atoms with Crippen molar-refractivity contribution in [2.24, 2.45) is 0 Å². The molecule has 0 unspecified atom stereocenters. The number of anilines is 1. The second-order valence-corrected chi connectivity index (χ2v) is 5.09. The number of carbonyl (C=O) groups excluding carboxylic acids is 1. The molecule has 0 spiro atoms. The first-order valence-corrected chi connectivity index (χ1v) is 6.58. The zero-order valence-corrected chi connectivity index (χ0v) is 12.4. The van der Waals surface area contributed by atoms with Gasteiger partial charge in [0.2, 0.25) is 0 Å². The molecule has 0 fully saturated rings. The summed E-state index contributed by atoms with van der Waals surface area (Å²) in [6, 6.07) is 5.31. The number of rotatable bonds is 3. The van der Waals surface area contributed by atoms with Crippen molar-refractivity contribution in [3.05, 3.63) is 61.2 Å². The zero-order chi connectivity index (χ0) is 15.6. The largest absolute Gasteiger partial charge is 0.307 e. The van der Waals surface area contributed by atoms with Crippen LogP contribution in [-0.4, -0.2) is 15.8 Å². The molecule has 1 aromatic carbocycles. The molecule has 2 rings (SSSR count). The quantitative estimate of drug-likeness (QED) is 0.666. The fourth-order valence-electron chi connectivity index (χ4n) is 1.48. The number of carbonyl (C=O) groups is 1. The topological polar surface area (TPSA) is 85.1 Å². The van der Waals surface area contributed by atoms with Crippen LogP contribution < -0.4 is 5.32 Å². The molecule has 108 valence electrons. The van der Waals surface area contributed by atoms with Crippen molar-refractivity contribution in [3.63, 3.8) is 0 Å². The molecule has 21 heavy (non-hydrogen) atoms. The third-order valence-electron chi connectivity index (χ3n) is 2.44. The summed E-state index contributed by atoms with van der Waals surface area (Å²) in [6.45, 7) is 0. The van der Waals surface area contributed by atoms with Crippen LogP contribution in [0.4, 0.5) is 11.5 Å². The number of aromatic nitrogens is 1. The number of nitrogens with zero attached hydrogens (tertiary/aromatic N) is 2. The molecule has 0 aliphatic heterocycles. The summed E-state index contributed by atoms with van der Waals surface area (Å²) in [5, 5.41) is 13.4. The van der Waals surface area contributed by atoms with Gasteiger partial charge in [-0.1, -0.05) is 34.8 Å². The maximum atomic E-state index is 12.0. The Labute approximate surface area is 133 Å². The van der Waals surface area contributed by atoms with Crippen molar-refractivity contribution in [1.82, 2.24) is 4.98 Å². The minimum absolute atomic E-state index is 0.00662. The molecule has 2 aromatic rings. The Bertz CT molecular complexity index is 720. The lowest BCUT2D eigenvalue weighted by Gasteiger charge is -2.06. The van der Waals surface area contributed by atoms with E-state index in [0.717, 1.165) is 6.07 Å². The molecule has 1 aromatic heterocycles. The summed E-state index contributed by atoms with van der Waals surface area (Å²) >= 11 is 17.2. The average molecular weight is 347 g/mol. The number of hydrogen-bond acceptors (Lipinski definition) is 4. The Hall–Kier alpha value is -1.89. The normalized spacial score (nSPS) is 10.2. The van der Waals surface area contributed by atoms with Gasteiger partial charge >= 0.3 is 0 Å². The van der Waals surface area contributed by atoms with Crippen LogP contribution in [0, 0.1) is 10.1 Å². The number of nitro groups is 1. The van der Waals surface area contributed by atoms with E-state index in [1.165, 1.54) is 18.3 Å². The average Bonchev–Trinajstić information content (AvgIpc) is 2.43. The van der Waals surface area contributed by atoms with E-state index < -0.39 is 16.5 Å². The molecule has 0 atom stereocenters. The van der Waals surface area contributed by atoms with Crippen molar-refractivity contribution in [2.45, 2.75) is 0 Å². The third-order valence-corrected chi connectivity index (χ3v) is 3.45. The van der Waals surface area contributed by atoms with Crippen LogP contribution in [0.15, 0.2) is 30.5 Å². The number of benzene rings is 1. The van der Waals surface area contributed by atoms with Crippen molar-refractivity contribution in [2.75, 3.05) is 5.32 Å². The summed E-state index contributed by atoms with van der Waals surface area (Å²) in [4.78, 5) is 26.0. The summed E-state index contributed by atoms with van der Waals surface area (Å²) in [7, 11) is 0. The third kappa shape index (κ3) is 3.60. The molecule has 1 heterocycles. The lowest BCUT2D eigenvalue weighted by Crippen LogP contribution is -2.13. The van der Waals surface area contributed by atoms with Crippen LogP contribution in [0.25, 0.3) is 0 Å². The molecule has 1 N–H and O–H groups in total. The molecular formula is C12H6Cl3N3O3. The van der Waals surface area contributed by atoms with E-state index in [2.05, 4.69) is 10.3 Å². The van der Waals surface area contributed by atoms with Gasteiger partial charge in [-0.3, -0.25) is 14.9 Å². The van der Waals surface area contributed by atoms with Crippen LogP contribution in [0.2, 0.25) is 15.1 Å². The maximum absolute atomic E-state index is 12.0. The predicted octanol–water partition coefficient (Wildman–Crippen LogP) is 4.20. The Morgan fingerprint density at radius 1 is 1.24 bits per heavy atom. The summed E-state index contributed by atoms with van der Waals surface area (Å²) in [6.07, 6.45) is 1.36. The van der Waals surface area contributed by atoms with Crippen molar-refractivity contribution in [3.8, 4) is 0 Å². The predicted molar refractivity (Wildman–Crippen MR) is 80.3 cm³/mol. The highest BCUT2D eigenvalue weighted by Gasteiger charge is 2.20. The van der Waals surface area contributed by atoms with E-state index in [1.807, 2.05) is 0 Å². The van der Waals surface area contributed by atoms with Gasteiger partial charge in [-0.05, 0) is 18.2 Å². The van der Waals surface area contributed by atoms with Crippen LogP contribution in [0.3, 0.4) is 0 Å². The molecule has 0 radical (unpaired) electrons. The maximum Gasteiger partial charge on any atom is 0.290 e. The van der Waals surface area contributed by atoms with Crippen LogP contribution in [0.1, 0.15) is 10.4 Å². The fraction of sp³-hybridized carbons (Fsp3) is 0. The number of halogens is 3. The molecule has 0 aliphatic carbocycles. The Balaban J connectivity index is 2.31. The summed E-state index contributed by atoms with van der Waals surface area (Å²) in [5.41, 5.74) is -0.453. The zero-order valence-electron chi connectivity index (χ0n) is 10.1. The van der Waals surface area contributed by atoms with Gasteiger partial charge in [-0.2, -0.15) is 0 Å². The number of amides is 1. The van der Waals surface area contributed by atoms with Crippen molar-refractivity contribution >= 4 is 52.2 Å². The number of nitro benzene ring substituents is 1. The van der Waals surface area contributed by atoms with Crippen LogP contribution in [-0.2, 0) is 0 Å². The number of nitrogens with one attached hydrogen (secondary N) is 1. The smallest absolute Gasteiger partial charge is 0.290 e. The first kappa shape index (κ1) is 15.5. The lowest BCUT2D eigenvalue weighted by atomic mass is 10.2. The molecule has 9 heteroatoms. The van der Waals surface area contributed by atoms with Crippen LogP contribution >= 0.6 is 34.8 Å². The second-order valence-electron chi connectivity index (χ2n) is 3.86. The molecular weight excluding hydrogens is 341 g/mol. The summed E-state index contributed by atoms with van der Waals surface area (Å²) in [5.74, 6) is -0.357. The van der Waals surface area contributed by atoms with Gasteiger partial charge < -0.3 is 5.32 Å². The molecule has 0 saturated carbocycles. The standard InChI is InChI=1S/C12H6Cl3N3O3/c13-7-1-2-10(16-5-7)17-12(19)6-3-8(14)11(15)9(4-6)18(20)21/h1-5H,(H,16,17,19). The van der Waals surface area contributed by atoms with Gasteiger partial charge in [-0.25, -0.2) is 4.98 Å². The molecule has 6 nitrogen and oxygen atoms in total. The SMILES string of the molecule is O=C(Nc1ccc(Cl)cn1)c1cc(Cl)c(Cl)c([N+](=O)[O-])c1. The number of hydrogen-bond donors (Lipinski definition) is 1. The van der Waals surface area contributed by atoms with Crippen molar-refractivity contribution in [1.29, 1.82) is 0 Å². The van der Waals surface area contributed by atoms with E-state index in [1.54, 1.807) is 6.07 Å². The van der Waals surface area contributed by atoms with Gasteiger partial charge in [0.25, 0.3) is 11.6 Å². The monoisotopic (exact) mass is 345 g/mol. The molecule has 1 amide bonds. The summed E-state index contributed by atoms with van der Waals surface area (Å²) < 4.78 is 0. The molecule has 0 saturated heterocycles. The fourth-order valence-corrected chi connectivity index (χ4v) is 1.98. The van der Waals surface area contributed by atoms with E-state index >= 15 is 0 Å².